The molecule has 2 heterocycles. The van der Waals surface area contributed by atoms with Gasteiger partial charge in [-0.3, -0.25) is 0 Å². The highest BCUT2D eigenvalue weighted by Crippen LogP contribution is 2.33. The second kappa shape index (κ2) is 4.40. The minimum atomic E-state index is -0.376. The van der Waals surface area contributed by atoms with Crippen molar-refractivity contribution < 1.29 is 14.2 Å². The molecular weight excluding hydrogens is 192 g/mol. The van der Waals surface area contributed by atoms with E-state index in [0.717, 1.165) is 25.9 Å². The lowest BCUT2D eigenvalue weighted by atomic mass is 10.0. The molecule has 0 aromatic carbocycles. The Balaban J connectivity index is 1.87. The van der Waals surface area contributed by atoms with Crippen LogP contribution in [0.15, 0.2) is 0 Å². The highest BCUT2D eigenvalue weighted by atomic mass is 16.7. The lowest BCUT2D eigenvalue weighted by molar-refractivity contribution is -0.305. The third kappa shape index (κ3) is 2.71. The third-order valence-electron chi connectivity index (χ3n) is 3.28. The Morgan fingerprint density at radius 3 is 2.87 bits per heavy atom. The summed E-state index contributed by atoms with van der Waals surface area (Å²) in [6, 6.07) is 0. The largest absolute Gasteiger partial charge is 0.373 e. The predicted molar refractivity (Wildman–Crippen MR) is 57.7 cm³/mol. The summed E-state index contributed by atoms with van der Waals surface area (Å²) in [5, 5.41) is 0. The van der Waals surface area contributed by atoms with Crippen molar-refractivity contribution in [2.45, 2.75) is 58.0 Å². The van der Waals surface area contributed by atoms with Gasteiger partial charge in [0.1, 0.15) is 6.10 Å². The molecule has 0 saturated carbocycles. The van der Waals surface area contributed by atoms with E-state index in [1.54, 1.807) is 0 Å². The van der Waals surface area contributed by atoms with Crippen molar-refractivity contribution in [3.63, 3.8) is 0 Å². The van der Waals surface area contributed by atoms with Gasteiger partial charge in [-0.15, -0.1) is 0 Å². The fraction of sp³-hybridized carbons (Fsp3) is 1.00. The molecule has 3 atom stereocenters. The van der Waals surface area contributed by atoms with E-state index in [1.165, 1.54) is 0 Å². The van der Waals surface area contributed by atoms with Gasteiger partial charge in [-0.1, -0.05) is 13.8 Å². The van der Waals surface area contributed by atoms with Crippen molar-refractivity contribution in [3.05, 3.63) is 0 Å². The highest BCUT2D eigenvalue weighted by molar-refractivity contribution is 4.84. The minimum absolute atomic E-state index is 0.178. The van der Waals surface area contributed by atoms with Gasteiger partial charge in [0.2, 0.25) is 0 Å². The lowest BCUT2D eigenvalue weighted by Gasteiger charge is -2.40. The second-order valence-corrected chi connectivity index (χ2v) is 5.23. The fourth-order valence-corrected chi connectivity index (χ4v) is 2.21. The Hall–Kier alpha value is -0.120. The first-order chi connectivity index (χ1) is 7.09. The summed E-state index contributed by atoms with van der Waals surface area (Å²) < 4.78 is 17.3. The average molecular weight is 214 g/mol. The first kappa shape index (κ1) is 11.4. The van der Waals surface area contributed by atoms with Crippen LogP contribution in [0, 0.1) is 5.92 Å². The Kier molecular flexibility index (Phi) is 3.33. The van der Waals surface area contributed by atoms with Crippen molar-refractivity contribution in [3.8, 4) is 0 Å². The van der Waals surface area contributed by atoms with Crippen LogP contribution in [0.1, 0.15) is 40.0 Å². The first-order valence-corrected chi connectivity index (χ1v) is 6.02. The van der Waals surface area contributed by atoms with Gasteiger partial charge in [-0.2, -0.15) is 0 Å². The molecule has 2 aliphatic heterocycles. The molecule has 0 spiro atoms. The van der Waals surface area contributed by atoms with Crippen molar-refractivity contribution in [2.24, 2.45) is 5.92 Å². The third-order valence-corrected chi connectivity index (χ3v) is 3.28. The standard InChI is InChI=1S/C12H22O3/c1-9(2)4-6-12(3)14-8-11-10(15-12)5-7-13-11/h9-11H,4-8H2,1-3H3/t10-,11-,12?/m1/s1. The van der Waals surface area contributed by atoms with E-state index in [0.29, 0.717) is 12.5 Å². The van der Waals surface area contributed by atoms with Gasteiger partial charge in [0, 0.05) is 13.0 Å². The molecule has 3 nitrogen and oxygen atoms in total. The summed E-state index contributed by atoms with van der Waals surface area (Å²) in [5.74, 6) is 0.325. The van der Waals surface area contributed by atoms with Crippen LogP contribution in [0.3, 0.4) is 0 Å². The van der Waals surface area contributed by atoms with Crippen LogP contribution in [0.5, 0.6) is 0 Å². The summed E-state index contributed by atoms with van der Waals surface area (Å²) in [6.45, 7) is 8.03. The smallest absolute Gasteiger partial charge is 0.166 e. The Labute approximate surface area is 92.1 Å². The maximum absolute atomic E-state index is 6.00. The molecule has 2 aliphatic rings. The van der Waals surface area contributed by atoms with E-state index in [2.05, 4.69) is 20.8 Å². The van der Waals surface area contributed by atoms with Crippen LogP contribution in [0.2, 0.25) is 0 Å². The molecule has 0 aromatic rings. The molecule has 0 bridgehead atoms. The Morgan fingerprint density at radius 2 is 2.13 bits per heavy atom. The molecule has 2 saturated heterocycles. The van der Waals surface area contributed by atoms with Gasteiger partial charge in [0.05, 0.1) is 12.7 Å². The number of hydrogen-bond acceptors (Lipinski definition) is 3. The second-order valence-electron chi connectivity index (χ2n) is 5.23. The predicted octanol–water partition coefficient (Wildman–Crippen LogP) is 2.34. The van der Waals surface area contributed by atoms with Gasteiger partial charge in [-0.05, 0) is 25.7 Å². The minimum Gasteiger partial charge on any atom is -0.373 e. The van der Waals surface area contributed by atoms with Crippen LogP contribution in [-0.2, 0) is 14.2 Å². The first-order valence-electron chi connectivity index (χ1n) is 6.02. The normalized spacial score (nSPS) is 40.8. The quantitative estimate of drug-likeness (QED) is 0.721. The SMILES string of the molecule is CC(C)CCC1(C)OC[C@H]2OCC[C@H]2O1. The maximum Gasteiger partial charge on any atom is 0.166 e. The zero-order valence-electron chi connectivity index (χ0n) is 9.99. The molecule has 2 rings (SSSR count). The maximum atomic E-state index is 6.00. The molecule has 0 amide bonds. The molecule has 0 N–H and O–H groups in total. The number of fused-ring (bicyclic) bond motifs is 1. The molecule has 0 radical (unpaired) electrons. The number of rotatable bonds is 3. The molecule has 0 aromatic heterocycles. The van der Waals surface area contributed by atoms with Gasteiger partial charge < -0.3 is 14.2 Å². The topological polar surface area (TPSA) is 27.7 Å². The van der Waals surface area contributed by atoms with Crippen LogP contribution in [-0.4, -0.2) is 31.2 Å². The number of hydrogen-bond donors (Lipinski definition) is 0. The van der Waals surface area contributed by atoms with Gasteiger partial charge in [0.25, 0.3) is 0 Å². The van der Waals surface area contributed by atoms with E-state index in [4.69, 9.17) is 14.2 Å². The van der Waals surface area contributed by atoms with Crippen LogP contribution in [0.25, 0.3) is 0 Å². The van der Waals surface area contributed by atoms with Crippen molar-refractivity contribution >= 4 is 0 Å². The summed E-state index contributed by atoms with van der Waals surface area (Å²) in [7, 11) is 0. The molecule has 1 unspecified atom stereocenters. The van der Waals surface area contributed by atoms with E-state index >= 15 is 0 Å². The summed E-state index contributed by atoms with van der Waals surface area (Å²) >= 11 is 0. The van der Waals surface area contributed by atoms with Crippen LogP contribution < -0.4 is 0 Å². The molecular formula is C12H22O3. The molecule has 2 fully saturated rings. The molecule has 15 heavy (non-hydrogen) atoms. The zero-order valence-corrected chi connectivity index (χ0v) is 9.99. The van der Waals surface area contributed by atoms with Crippen LogP contribution >= 0.6 is 0 Å². The fourth-order valence-electron chi connectivity index (χ4n) is 2.21. The lowest BCUT2D eigenvalue weighted by Crippen LogP contribution is -2.48. The monoisotopic (exact) mass is 214 g/mol. The average Bonchev–Trinajstić information content (AvgIpc) is 2.62. The van der Waals surface area contributed by atoms with Gasteiger partial charge in [-0.25, -0.2) is 0 Å². The molecule has 0 aliphatic carbocycles. The van der Waals surface area contributed by atoms with E-state index in [9.17, 15) is 0 Å². The molecule has 88 valence electrons. The highest BCUT2D eigenvalue weighted by Gasteiger charge is 2.42. The van der Waals surface area contributed by atoms with E-state index in [1.807, 2.05) is 0 Å². The molecule has 3 heteroatoms. The summed E-state index contributed by atoms with van der Waals surface area (Å²) in [4.78, 5) is 0. The summed E-state index contributed by atoms with van der Waals surface area (Å²) in [6.07, 6.45) is 3.58. The van der Waals surface area contributed by atoms with Gasteiger partial charge in [0.15, 0.2) is 5.79 Å². The van der Waals surface area contributed by atoms with Crippen LogP contribution in [0.4, 0.5) is 0 Å². The van der Waals surface area contributed by atoms with E-state index < -0.39 is 0 Å². The Bertz CT molecular complexity index is 217. The van der Waals surface area contributed by atoms with Crippen molar-refractivity contribution in [1.82, 2.24) is 0 Å². The van der Waals surface area contributed by atoms with E-state index in [-0.39, 0.29) is 18.0 Å². The number of ether oxygens (including phenoxy) is 3. The zero-order chi connectivity index (χ0) is 10.9. The van der Waals surface area contributed by atoms with Gasteiger partial charge >= 0.3 is 0 Å². The van der Waals surface area contributed by atoms with Crippen molar-refractivity contribution in [1.29, 1.82) is 0 Å². The Morgan fingerprint density at radius 1 is 1.33 bits per heavy atom. The summed E-state index contributed by atoms with van der Waals surface area (Å²) in [5.41, 5.74) is 0. The van der Waals surface area contributed by atoms with Crippen molar-refractivity contribution in [2.75, 3.05) is 13.2 Å².